The van der Waals surface area contributed by atoms with Gasteiger partial charge < -0.3 is 9.64 Å². The van der Waals surface area contributed by atoms with E-state index in [1.807, 2.05) is 43.0 Å². The predicted octanol–water partition coefficient (Wildman–Crippen LogP) is 3.81. The molecule has 150 valence electrons. The van der Waals surface area contributed by atoms with Crippen LogP contribution in [-0.4, -0.2) is 60.5 Å². The van der Waals surface area contributed by atoms with Crippen molar-refractivity contribution in [2.75, 3.05) is 39.8 Å². The van der Waals surface area contributed by atoms with Gasteiger partial charge in [-0.3, -0.25) is 14.7 Å². The highest BCUT2D eigenvalue weighted by molar-refractivity contribution is 5.78. The van der Waals surface area contributed by atoms with Crippen LogP contribution in [0.2, 0.25) is 0 Å². The van der Waals surface area contributed by atoms with Gasteiger partial charge in [0, 0.05) is 36.8 Å². The van der Waals surface area contributed by atoms with Crippen molar-refractivity contribution in [2.45, 2.75) is 32.6 Å². The Labute approximate surface area is 168 Å². The molecule has 5 heteroatoms. The van der Waals surface area contributed by atoms with Crippen molar-refractivity contribution >= 4 is 5.91 Å². The topological polar surface area (TPSA) is 45.7 Å². The Hall–Kier alpha value is -2.40. The van der Waals surface area contributed by atoms with Crippen molar-refractivity contribution in [1.82, 2.24) is 14.8 Å². The summed E-state index contributed by atoms with van der Waals surface area (Å²) < 4.78 is 5.24. The standard InChI is InChI=1S/C23H31N3O2/c1-4-26(5-2)23(27)17-25-15-7-8-19(16-25)22-10-6-9-21(24-22)18-11-13-20(28-3)14-12-18/h6,9-14,19H,4-5,7-8,15-17H2,1-3H3. The molecule has 0 N–H and O–H groups in total. The number of hydrogen-bond acceptors (Lipinski definition) is 4. The molecular formula is C23H31N3O2. The molecular weight excluding hydrogens is 350 g/mol. The maximum absolute atomic E-state index is 12.5. The van der Waals surface area contributed by atoms with Gasteiger partial charge in [-0.25, -0.2) is 0 Å². The largest absolute Gasteiger partial charge is 0.497 e. The summed E-state index contributed by atoms with van der Waals surface area (Å²) in [7, 11) is 1.67. The molecule has 0 aliphatic carbocycles. The third-order valence-electron chi connectivity index (χ3n) is 5.56. The zero-order valence-electron chi connectivity index (χ0n) is 17.2. The number of likely N-dealkylation sites (N-methyl/N-ethyl adjacent to an activating group) is 1. The lowest BCUT2D eigenvalue weighted by Gasteiger charge is -2.33. The molecule has 0 radical (unpaired) electrons. The molecule has 1 saturated heterocycles. The molecule has 0 saturated carbocycles. The van der Waals surface area contributed by atoms with E-state index in [1.54, 1.807) is 7.11 Å². The molecule has 1 aliphatic heterocycles. The van der Waals surface area contributed by atoms with Crippen LogP contribution in [-0.2, 0) is 4.79 Å². The zero-order chi connectivity index (χ0) is 19.9. The van der Waals surface area contributed by atoms with Crippen LogP contribution in [0.25, 0.3) is 11.3 Å². The summed E-state index contributed by atoms with van der Waals surface area (Å²) in [5.41, 5.74) is 3.19. The molecule has 2 heterocycles. The van der Waals surface area contributed by atoms with Crippen molar-refractivity contribution in [1.29, 1.82) is 0 Å². The quantitative estimate of drug-likeness (QED) is 0.732. The Morgan fingerprint density at radius 2 is 1.93 bits per heavy atom. The second-order valence-electron chi connectivity index (χ2n) is 7.32. The van der Waals surface area contributed by atoms with E-state index in [1.165, 1.54) is 0 Å². The van der Waals surface area contributed by atoms with Gasteiger partial charge in [-0.1, -0.05) is 6.07 Å². The van der Waals surface area contributed by atoms with Crippen LogP contribution < -0.4 is 4.74 Å². The normalized spacial score (nSPS) is 17.3. The zero-order valence-corrected chi connectivity index (χ0v) is 17.2. The van der Waals surface area contributed by atoms with E-state index in [0.717, 1.165) is 61.7 Å². The lowest BCUT2D eigenvalue weighted by atomic mass is 9.93. The minimum atomic E-state index is 0.227. The van der Waals surface area contributed by atoms with Crippen LogP contribution in [0.15, 0.2) is 42.5 Å². The second kappa shape index (κ2) is 9.69. The number of benzene rings is 1. The number of carbonyl (C=O) groups is 1. The first-order valence-electron chi connectivity index (χ1n) is 10.3. The van der Waals surface area contributed by atoms with Crippen LogP contribution in [0.5, 0.6) is 5.75 Å². The molecule has 1 amide bonds. The second-order valence-corrected chi connectivity index (χ2v) is 7.32. The predicted molar refractivity (Wildman–Crippen MR) is 113 cm³/mol. The highest BCUT2D eigenvalue weighted by atomic mass is 16.5. The van der Waals surface area contributed by atoms with E-state index in [9.17, 15) is 4.79 Å². The summed E-state index contributed by atoms with van der Waals surface area (Å²) in [5.74, 6) is 1.45. The van der Waals surface area contributed by atoms with Gasteiger partial charge >= 0.3 is 0 Å². The van der Waals surface area contributed by atoms with E-state index in [2.05, 4.69) is 23.1 Å². The number of rotatable bonds is 7. The van der Waals surface area contributed by atoms with E-state index >= 15 is 0 Å². The van der Waals surface area contributed by atoms with E-state index < -0.39 is 0 Å². The van der Waals surface area contributed by atoms with Gasteiger partial charge in [-0.05, 0) is 69.6 Å². The minimum absolute atomic E-state index is 0.227. The number of methoxy groups -OCH3 is 1. The van der Waals surface area contributed by atoms with Crippen molar-refractivity contribution in [3.05, 3.63) is 48.2 Å². The number of likely N-dealkylation sites (tertiary alicyclic amines) is 1. The summed E-state index contributed by atoms with van der Waals surface area (Å²) in [6, 6.07) is 14.3. The van der Waals surface area contributed by atoms with Gasteiger partial charge in [-0.2, -0.15) is 0 Å². The van der Waals surface area contributed by atoms with Crippen LogP contribution in [0, 0.1) is 0 Å². The summed E-state index contributed by atoms with van der Waals surface area (Å²) in [6.45, 7) is 8.02. The summed E-state index contributed by atoms with van der Waals surface area (Å²) in [4.78, 5) is 21.6. The van der Waals surface area contributed by atoms with Crippen molar-refractivity contribution in [3.63, 3.8) is 0 Å². The minimum Gasteiger partial charge on any atom is -0.497 e. The Morgan fingerprint density at radius 1 is 1.18 bits per heavy atom. The van der Waals surface area contributed by atoms with E-state index in [0.29, 0.717) is 12.5 Å². The summed E-state index contributed by atoms with van der Waals surface area (Å²) in [5, 5.41) is 0. The van der Waals surface area contributed by atoms with Crippen LogP contribution >= 0.6 is 0 Å². The Morgan fingerprint density at radius 3 is 2.61 bits per heavy atom. The van der Waals surface area contributed by atoms with Crippen molar-refractivity contribution < 1.29 is 9.53 Å². The van der Waals surface area contributed by atoms with E-state index in [4.69, 9.17) is 9.72 Å². The number of nitrogens with zero attached hydrogens (tertiary/aromatic N) is 3. The first-order valence-corrected chi connectivity index (χ1v) is 10.3. The fourth-order valence-corrected chi connectivity index (χ4v) is 3.91. The highest BCUT2D eigenvalue weighted by Gasteiger charge is 2.25. The molecule has 1 aromatic carbocycles. The lowest BCUT2D eigenvalue weighted by molar-refractivity contribution is -0.132. The van der Waals surface area contributed by atoms with Crippen LogP contribution in [0.4, 0.5) is 0 Å². The summed E-state index contributed by atoms with van der Waals surface area (Å²) >= 11 is 0. The molecule has 3 rings (SSSR count). The van der Waals surface area contributed by atoms with Crippen molar-refractivity contribution in [2.24, 2.45) is 0 Å². The maximum Gasteiger partial charge on any atom is 0.236 e. The van der Waals surface area contributed by atoms with Gasteiger partial charge in [0.15, 0.2) is 0 Å². The third-order valence-corrected chi connectivity index (χ3v) is 5.56. The molecule has 1 atom stereocenters. The SMILES string of the molecule is CCN(CC)C(=O)CN1CCCC(c2cccc(-c3ccc(OC)cc3)n2)C1. The molecule has 5 nitrogen and oxygen atoms in total. The van der Waals surface area contributed by atoms with Crippen molar-refractivity contribution in [3.8, 4) is 17.0 Å². The molecule has 0 spiro atoms. The number of amides is 1. The fraction of sp³-hybridized carbons (Fsp3) is 0.478. The highest BCUT2D eigenvalue weighted by Crippen LogP contribution is 2.28. The Kier molecular flexibility index (Phi) is 7.04. The molecule has 1 aliphatic rings. The lowest BCUT2D eigenvalue weighted by Crippen LogP contribution is -2.43. The first-order chi connectivity index (χ1) is 13.6. The average Bonchev–Trinajstić information content (AvgIpc) is 2.75. The smallest absolute Gasteiger partial charge is 0.236 e. The van der Waals surface area contributed by atoms with Gasteiger partial charge in [0.1, 0.15) is 5.75 Å². The summed E-state index contributed by atoms with van der Waals surface area (Å²) in [6.07, 6.45) is 2.22. The molecule has 1 unspecified atom stereocenters. The Bertz CT molecular complexity index is 772. The maximum atomic E-state index is 12.5. The molecule has 28 heavy (non-hydrogen) atoms. The number of pyridine rings is 1. The first kappa shape index (κ1) is 20.3. The molecule has 1 fully saturated rings. The number of ether oxygens (including phenoxy) is 1. The molecule has 0 bridgehead atoms. The van der Waals surface area contributed by atoms with Gasteiger partial charge in [0.25, 0.3) is 0 Å². The monoisotopic (exact) mass is 381 g/mol. The fourth-order valence-electron chi connectivity index (χ4n) is 3.91. The van der Waals surface area contributed by atoms with E-state index in [-0.39, 0.29) is 5.91 Å². The third kappa shape index (κ3) is 4.90. The number of piperidine rings is 1. The number of carbonyl (C=O) groups excluding carboxylic acids is 1. The number of aromatic nitrogens is 1. The van der Waals surface area contributed by atoms with Crippen LogP contribution in [0.1, 0.15) is 38.3 Å². The average molecular weight is 382 g/mol. The van der Waals surface area contributed by atoms with Gasteiger partial charge in [0.05, 0.1) is 19.3 Å². The molecule has 1 aromatic heterocycles. The Balaban J connectivity index is 1.70. The van der Waals surface area contributed by atoms with Crippen LogP contribution in [0.3, 0.4) is 0 Å². The molecule has 2 aromatic rings. The van der Waals surface area contributed by atoms with Gasteiger partial charge in [0.2, 0.25) is 5.91 Å². The van der Waals surface area contributed by atoms with Gasteiger partial charge in [-0.15, -0.1) is 0 Å². The number of hydrogen-bond donors (Lipinski definition) is 0.